The maximum absolute atomic E-state index is 12.2. The van der Waals surface area contributed by atoms with Crippen LogP contribution in [-0.2, 0) is 14.3 Å². The number of anilines is 1. The van der Waals surface area contributed by atoms with Gasteiger partial charge in [-0.2, -0.15) is 0 Å². The first-order valence-electron chi connectivity index (χ1n) is 7.01. The van der Waals surface area contributed by atoms with Crippen LogP contribution in [0.15, 0.2) is 30.3 Å². The van der Waals surface area contributed by atoms with Gasteiger partial charge in [-0.05, 0) is 25.0 Å². The second-order valence-corrected chi connectivity index (χ2v) is 5.14. The van der Waals surface area contributed by atoms with E-state index >= 15 is 0 Å². The average Bonchev–Trinajstić information content (AvgIpc) is 3.01. The highest BCUT2D eigenvalue weighted by molar-refractivity contribution is 5.98. The van der Waals surface area contributed by atoms with E-state index in [1.807, 2.05) is 30.3 Å². The number of carbonyl (C=O) groups excluding carboxylic acids is 2. The molecule has 2 saturated heterocycles. The smallest absolute Gasteiger partial charge is 0.252 e. The lowest BCUT2D eigenvalue weighted by Gasteiger charge is -2.35. The standard InChI is InChI=1S/C15H18N2O3/c18-14-11-16(15(19)13-7-4-10-20-13)8-9-17(14)12-5-2-1-3-6-12/h1-3,5-6,13H,4,7-11H2. The molecule has 0 aromatic heterocycles. The summed E-state index contributed by atoms with van der Waals surface area (Å²) in [5.74, 6) is -0.0719. The third-order valence-corrected chi connectivity index (χ3v) is 3.81. The summed E-state index contributed by atoms with van der Waals surface area (Å²) in [6.45, 7) is 1.91. The maximum atomic E-state index is 12.2. The highest BCUT2D eigenvalue weighted by atomic mass is 16.5. The van der Waals surface area contributed by atoms with Crippen LogP contribution in [0, 0.1) is 0 Å². The van der Waals surface area contributed by atoms with Gasteiger partial charge in [-0.3, -0.25) is 9.59 Å². The number of hydrogen-bond acceptors (Lipinski definition) is 3. The molecule has 0 aliphatic carbocycles. The third kappa shape index (κ3) is 2.54. The zero-order valence-electron chi connectivity index (χ0n) is 11.3. The Balaban J connectivity index is 1.65. The Morgan fingerprint density at radius 2 is 2.00 bits per heavy atom. The topological polar surface area (TPSA) is 49.9 Å². The molecular formula is C15H18N2O3. The molecule has 1 atom stereocenters. The molecule has 106 valence electrons. The van der Waals surface area contributed by atoms with Crippen LogP contribution in [0.25, 0.3) is 0 Å². The van der Waals surface area contributed by atoms with E-state index in [2.05, 4.69) is 0 Å². The lowest BCUT2D eigenvalue weighted by molar-refractivity contribution is -0.144. The molecule has 0 bridgehead atoms. The number of nitrogens with zero attached hydrogens (tertiary/aromatic N) is 2. The van der Waals surface area contributed by atoms with E-state index in [9.17, 15) is 9.59 Å². The number of benzene rings is 1. The zero-order valence-corrected chi connectivity index (χ0v) is 11.3. The SMILES string of the molecule is O=C(C1CCCO1)N1CCN(c2ccccc2)C(=O)C1. The summed E-state index contributed by atoms with van der Waals surface area (Å²) in [7, 11) is 0. The summed E-state index contributed by atoms with van der Waals surface area (Å²) < 4.78 is 5.40. The molecule has 2 fully saturated rings. The van der Waals surface area contributed by atoms with Crippen LogP contribution in [-0.4, -0.2) is 49.1 Å². The minimum absolute atomic E-state index is 0.0335. The number of rotatable bonds is 2. The lowest BCUT2D eigenvalue weighted by atomic mass is 10.2. The van der Waals surface area contributed by atoms with Gasteiger partial charge in [0.25, 0.3) is 5.91 Å². The molecule has 1 aromatic rings. The quantitative estimate of drug-likeness (QED) is 0.809. The van der Waals surface area contributed by atoms with Gasteiger partial charge < -0.3 is 14.5 Å². The van der Waals surface area contributed by atoms with Gasteiger partial charge in [0.05, 0.1) is 0 Å². The molecule has 2 aliphatic rings. The summed E-state index contributed by atoms with van der Waals surface area (Å²) in [5.41, 5.74) is 0.890. The van der Waals surface area contributed by atoms with Gasteiger partial charge in [-0.15, -0.1) is 0 Å². The van der Waals surface area contributed by atoms with Gasteiger partial charge in [0, 0.05) is 25.4 Å². The van der Waals surface area contributed by atoms with Crippen LogP contribution >= 0.6 is 0 Å². The monoisotopic (exact) mass is 274 g/mol. The van der Waals surface area contributed by atoms with Crippen molar-refractivity contribution in [2.45, 2.75) is 18.9 Å². The van der Waals surface area contributed by atoms with Gasteiger partial charge in [-0.25, -0.2) is 0 Å². The van der Waals surface area contributed by atoms with E-state index in [0.717, 1.165) is 18.5 Å². The highest BCUT2D eigenvalue weighted by Gasteiger charge is 2.33. The molecular weight excluding hydrogens is 256 g/mol. The van der Waals surface area contributed by atoms with Crippen LogP contribution in [0.3, 0.4) is 0 Å². The Morgan fingerprint density at radius 3 is 2.65 bits per heavy atom. The van der Waals surface area contributed by atoms with E-state index in [1.54, 1.807) is 9.80 Å². The number of hydrogen-bond donors (Lipinski definition) is 0. The number of carbonyl (C=O) groups is 2. The molecule has 5 nitrogen and oxygen atoms in total. The predicted octanol–water partition coefficient (Wildman–Crippen LogP) is 1.04. The first kappa shape index (κ1) is 13.1. The van der Waals surface area contributed by atoms with Gasteiger partial charge >= 0.3 is 0 Å². The fourth-order valence-corrected chi connectivity index (χ4v) is 2.72. The van der Waals surface area contributed by atoms with Crippen LogP contribution in [0.1, 0.15) is 12.8 Å². The first-order chi connectivity index (χ1) is 9.75. The Hall–Kier alpha value is -1.88. The van der Waals surface area contributed by atoms with Crippen molar-refractivity contribution in [3.05, 3.63) is 30.3 Å². The van der Waals surface area contributed by atoms with E-state index in [1.165, 1.54) is 0 Å². The molecule has 1 unspecified atom stereocenters. The summed E-state index contributed by atoms with van der Waals surface area (Å²) in [5, 5.41) is 0. The van der Waals surface area contributed by atoms with Crippen molar-refractivity contribution < 1.29 is 14.3 Å². The minimum atomic E-state index is -0.342. The lowest BCUT2D eigenvalue weighted by Crippen LogP contribution is -2.54. The molecule has 2 aliphatic heterocycles. The van der Waals surface area contributed by atoms with Gasteiger partial charge in [0.2, 0.25) is 5.91 Å². The Bertz CT molecular complexity index is 497. The van der Waals surface area contributed by atoms with Crippen molar-refractivity contribution in [2.24, 2.45) is 0 Å². The fourth-order valence-electron chi connectivity index (χ4n) is 2.72. The van der Waals surface area contributed by atoms with Crippen molar-refractivity contribution in [3.8, 4) is 0 Å². The molecule has 1 aromatic carbocycles. The molecule has 3 rings (SSSR count). The van der Waals surface area contributed by atoms with Crippen molar-refractivity contribution in [2.75, 3.05) is 31.1 Å². The normalized spacial score (nSPS) is 23.2. The van der Waals surface area contributed by atoms with Crippen molar-refractivity contribution in [1.82, 2.24) is 4.90 Å². The van der Waals surface area contributed by atoms with Crippen molar-refractivity contribution in [1.29, 1.82) is 0 Å². The summed E-state index contributed by atoms with van der Waals surface area (Å²) in [6.07, 6.45) is 1.35. The highest BCUT2D eigenvalue weighted by Crippen LogP contribution is 2.19. The minimum Gasteiger partial charge on any atom is -0.368 e. The molecule has 2 amide bonds. The van der Waals surface area contributed by atoms with Crippen molar-refractivity contribution >= 4 is 17.5 Å². The molecule has 20 heavy (non-hydrogen) atoms. The molecule has 0 N–H and O–H groups in total. The molecule has 0 saturated carbocycles. The molecule has 0 radical (unpaired) electrons. The zero-order chi connectivity index (χ0) is 13.9. The second-order valence-electron chi connectivity index (χ2n) is 5.14. The Morgan fingerprint density at radius 1 is 1.20 bits per heavy atom. The number of ether oxygens (including phenoxy) is 1. The molecule has 5 heteroatoms. The Kier molecular flexibility index (Phi) is 3.69. The fraction of sp³-hybridized carbons (Fsp3) is 0.467. The first-order valence-corrected chi connectivity index (χ1v) is 7.01. The third-order valence-electron chi connectivity index (χ3n) is 3.81. The van der Waals surface area contributed by atoms with Gasteiger partial charge in [0.1, 0.15) is 12.6 Å². The molecule has 2 heterocycles. The van der Waals surface area contributed by atoms with Crippen LogP contribution < -0.4 is 4.90 Å². The Labute approximate surface area is 118 Å². The van der Waals surface area contributed by atoms with Crippen LogP contribution in [0.5, 0.6) is 0 Å². The van der Waals surface area contributed by atoms with E-state index < -0.39 is 0 Å². The maximum Gasteiger partial charge on any atom is 0.252 e. The molecule has 0 spiro atoms. The summed E-state index contributed by atoms with van der Waals surface area (Å²) in [4.78, 5) is 27.8. The summed E-state index contributed by atoms with van der Waals surface area (Å²) >= 11 is 0. The van der Waals surface area contributed by atoms with Crippen molar-refractivity contribution in [3.63, 3.8) is 0 Å². The van der Waals surface area contributed by atoms with E-state index in [-0.39, 0.29) is 24.5 Å². The largest absolute Gasteiger partial charge is 0.368 e. The van der Waals surface area contributed by atoms with E-state index in [4.69, 9.17) is 4.74 Å². The number of amides is 2. The van der Waals surface area contributed by atoms with Crippen LogP contribution in [0.2, 0.25) is 0 Å². The predicted molar refractivity (Wildman–Crippen MR) is 74.3 cm³/mol. The van der Waals surface area contributed by atoms with E-state index in [0.29, 0.717) is 19.7 Å². The average molecular weight is 274 g/mol. The number of para-hydroxylation sites is 1. The number of piperazine rings is 1. The van der Waals surface area contributed by atoms with Gasteiger partial charge in [-0.1, -0.05) is 18.2 Å². The summed E-state index contributed by atoms with van der Waals surface area (Å²) in [6, 6.07) is 9.56. The second kappa shape index (κ2) is 5.63. The van der Waals surface area contributed by atoms with Crippen LogP contribution in [0.4, 0.5) is 5.69 Å². The van der Waals surface area contributed by atoms with Gasteiger partial charge in [0.15, 0.2) is 0 Å².